The second kappa shape index (κ2) is 9.03. The molecule has 1 aromatic carbocycles. The summed E-state index contributed by atoms with van der Waals surface area (Å²) in [5, 5.41) is 12.6. The molecule has 5 heteroatoms. The van der Waals surface area contributed by atoms with Gasteiger partial charge in [0.05, 0.1) is 12.8 Å². The molecule has 2 aromatic heterocycles. The summed E-state index contributed by atoms with van der Waals surface area (Å²) in [6, 6.07) is 13.8. The number of aryl methyl sites for hydroxylation is 2. The lowest BCUT2D eigenvalue weighted by Gasteiger charge is -2.24. The summed E-state index contributed by atoms with van der Waals surface area (Å²) >= 11 is 1.74. The Morgan fingerprint density at radius 3 is 2.58 bits per heavy atom. The van der Waals surface area contributed by atoms with Crippen LogP contribution in [0.3, 0.4) is 0 Å². The van der Waals surface area contributed by atoms with Crippen LogP contribution in [0.2, 0.25) is 0 Å². The van der Waals surface area contributed by atoms with Gasteiger partial charge in [-0.2, -0.15) is 0 Å². The van der Waals surface area contributed by atoms with Crippen molar-refractivity contribution in [1.82, 2.24) is 4.90 Å². The minimum atomic E-state index is -0.577. The number of nitrogens with zero attached hydrogens (tertiary/aromatic N) is 1. The summed E-state index contributed by atoms with van der Waals surface area (Å²) in [5.41, 5.74) is 2.47. The summed E-state index contributed by atoms with van der Waals surface area (Å²) in [6.45, 7) is 6.38. The average Bonchev–Trinajstić information content (AvgIpc) is 3.27. The van der Waals surface area contributed by atoms with E-state index in [1.807, 2.05) is 43.3 Å². The van der Waals surface area contributed by atoms with Crippen molar-refractivity contribution >= 4 is 11.3 Å². The number of ether oxygens (including phenoxy) is 1. The third-order valence-electron chi connectivity index (χ3n) is 4.23. The van der Waals surface area contributed by atoms with E-state index in [9.17, 15) is 5.11 Å². The van der Waals surface area contributed by atoms with E-state index in [1.54, 1.807) is 17.6 Å². The maximum Gasteiger partial charge on any atom is 0.119 e. The van der Waals surface area contributed by atoms with Crippen LogP contribution < -0.4 is 4.74 Å². The Kier molecular flexibility index (Phi) is 6.50. The minimum Gasteiger partial charge on any atom is -0.491 e. The molecule has 0 fully saturated rings. The van der Waals surface area contributed by atoms with E-state index in [1.165, 1.54) is 16.0 Å². The van der Waals surface area contributed by atoms with Crippen molar-refractivity contribution in [2.45, 2.75) is 33.0 Å². The largest absolute Gasteiger partial charge is 0.491 e. The van der Waals surface area contributed by atoms with E-state index in [2.05, 4.69) is 23.3 Å². The maximum absolute atomic E-state index is 10.5. The second-order valence-corrected chi connectivity index (χ2v) is 7.55. The first kappa shape index (κ1) is 18.7. The lowest BCUT2D eigenvalue weighted by Crippen LogP contribution is -2.35. The van der Waals surface area contributed by atoms with Crippen molar-refractivity contribution < 1.29 is 14.3 Å². The van der Waals surface area contributed by atoms with Gasteiger partial charge in [-0.1, -0.05) is 17.7 Å². The third-order valence-corrected chi connectivity index (χ3v) is 5.24. The Labute approximate surface area is 158 Å². The molecule has 3 aromatic rings. The fourth-order valence-corrected chi connectivity index (χ4v) is 3.70. The van der Waals surface area contributed by atoms with E-state index < -0.39 is 6.10 Å². The summed E-state index contributed by atoms with van der Waals surface area (Å²) in [7, 11) is 0. The monoisotopic (exact) mass is 371 g/mol. The molecular formula is C21H25NO3S. The number of benzene rings is 1. The zero-order valence-electron chi connectivity index (χ0n) is 15.2. The molecule has 0 amide bonds. The van der Waals surface area contributed by atoms with Crippen molar-refractivity contribution in [2.24, 2.45) is 0 Å². The molecule has 0 spiro atoms. The number of furan rings is 1. The fourth-order valence-electron chi connectivity index (χ4n) is 2.75. The van der Waals surface area contributed by atoms with Gasteiger partial charge in [-0.05, 0) is 55.1 Å². The normalized spacial score (nSPS) is 12.5. The SMILES string of the molecule is Cc1ccc(OCC(O)CN(Cc2ccco2)Cc2sccc2C)cc1. The summed E-state index contributed by atoms with van der Waals surface area (Å²) in [5.74, 6) is 1.67. The highest BCUT2D eigenvalue weighted by Crippen LogP contribution is 2.20. The fraction of sp³-hybridized carbons (Fsp3) is 0.333. The van der Waals surface area contributed by atoms with Gasteiger partial charge >= 0.3 is 0 Å². The molecule has 0 aliphatic rings. The molecule has 2 heterocycles. The summed E-state index contributed by atoms with van der Waals surface area (Å²) in [6.07, 6.45) is 1.10. The van der Waals surface area contributed by atoms with Crippen LogP contribution in [0.15, 0.2) is 58.5 Å². The smallest absolute Gasteiger partial charge is 0.119 e. The van der Waals surface area contributed by atoms with E-state index >= 15 is 0 Å². The van der Waals surface area contributed by atoms with Crippen LogP contribution in [0.4, 0.5) is 0 Å². The van der Waals surface area contributed by atoms with Gasteiger partial charge in [0.25, 0.3) is 0 Å². The Morgan fingerprint density at radius 1 is 1.12 bits per heavy atom. The van der Waals surface area contributed by atoms with Crippen molar-refractivity contribution in [1.29, 1.82) is 0 Å². The molecule has 0 bridgehead atoms. The number of aliphatic hydroxyl groups excluding tert-OH is 1. The molecular weight excluding hydrogens is 346 g/mol. The van der Waals surface area contributed by atoms with Crippen LogP contribution in [-0.4, -0.2) is 29.3 Å². The van der Waals surface area contributed by atoms with Crippen LogP contribution in [0.25, 0.3) is 0 Å². The van der Waals surface area contributed by atoms with Gasteiger partial charge in [0.1, 0.15) is 24.2 Å². The van der Waals surface area contributed by atoms with Crippen LogP contribution in [-0.2, 0) is 13.1 Å². The van der Waals surface area contributed by atoms with Crippen LogP contribution in [0.5, 0.6) is 5.75 Å². The second-order valence-electron chi connectivity index (χ2n) is 6.55. The van der Waals surface area contributed by atoms with Gasteiger partial charge in [0.15, 0.2) is 0 Å². The van der Waals surface area contributed by atoms with Gasteiger partial charge in [0, 0.05) is 18.0 Å². The molecule has 138 valence electrons. The van der Waals surface area contributed by atoms with Crippen molar-refractivity contribution in [3.05, 3.63) is 75.9 Å². The van der Waals surface area contributed by atoms with Crippen molar-refractivity contribution in [3.8, 4) is 5.75 Å². The zero-order valence-corrected chi connectivity index (χ0v) is 16.0. The first-order valence-electron chi connectivity index (χ1n) is 8.75. The highest BCUT2D eigenvalue weighted by molar-refractivity contribution is 7.10. The van der Waals surface area contributed by atoms with Crippen LogP contribution in [0.1, 0.15) is 21.8 Å². The number of aliphatic hydroxyl groups is 1. The number of hydrogen-bond acceptors (Lipinski definition) is 5. The lowest BCUT2D eigenvalue weighted by molar-refractivity contribution is 0.0608. The number of rotatable bonds is 9. The Balaban J connectivity index is 1.58. The molecule has 0 aliphatic heterocycles. The third kappa shape index (κ3) is 5.46. The van der Waals surface area contributed by atoms with Gasteiger partial charge in [-0.15, -0.1) is 11.3 Å². The Morgan fingerprint density at radius 2 is 1.92 bits per heavy atom. The topological polar surface area (TPSA) is 45.8 Å². The van der Waals surface area contributed by atoms with Gasteiger partial charge < -0.3 is 14.3 Å². The molecule has 1 atom stereocenters. The number of thiophene rings is 1. The highest BCUT2D eigenvalue weighted by atomic mass is 32.1. The predicted molar refractivity (Wildman–Crippen MR) is 105 cm³/mol. The van der Waals surface area contributed by atoms with Crippen LogP contribution >= 0.6 is 11.3 Å². The van der Waals surface area contributed by atoms with Crippen molar-refractivity contribution in [3.63, 3.8) is 0 Å². The molecule has 1 unspecified atom stereocenters. The molecule has 0 saturated heterocycles. The van der Waals surface area contributed by atoms with Gasteiger partial charge in [0.2, 0.25) is 0 Å². The van der Waals surface area contributed by atoms with Crippen LogP contribution in [0, 0.1) is 13.8 Å². The number of hydrogen-bond donors (Lipinski definition) is 1. The predicted octanol–water partition coefficient (Wildman–Crippen LogP) is 4.40. The Hall–Kier alpha value is -2.08. The lowest BCUT2D eigenvalue weighted by atomic mass is 10.2. The maximum atomic E-state index is 10.5. The van der Waals surface area contributed by atoms with E-state index in [4.69, 9.17) is 9.15 Å². The first-order valence-corrected chi connectivity index (χ1v) is 9.63. The average molecular weight is 372 g/mol. The zero-order chi connectivity index (χ0) is 18.4. The minimum absolute atomic E-state index is 0.265. The molecule has 0 aliphatic carbocycles. The van der Waals surface area contributed by atoms with Gasteiger partial charge in [-0.25, -0.2) is 0 Å². The first-order chi connectivity index (χ1) is 12.6. The molecule has 0 radical (unpaired) electrons. The van der Waals surface area contributed by atoms with E-state index in [0.29, 0.717) is 13.1 Å². The molecule has 0 saturated carbocycles. The molecule has 3 rings (SSSR count). The Bertz CT molecular complexity index is 780. The van der Waals surface area contributed by atoms with Crippen molar-refractivity contribution in [2.75, 3.05) is 13.2 Å². The molecule has 26 heavy (non-hydrogen) atoms. The van der Waals surface area contributed by atoms with E-state index in [0.717, 1.165) is 18.1 Å². The molecule has 1 N–H and O–H groups in total. The molecule has 4 nitrogen and oxygen atoms in total. The van der Waals surface area contributed by atoms with E-state index in [-0.39, 0.29) is 6.61 Å². The van der Waals surface area contributed by atoms with Gasteiger partial charge in [-0.3, -0.25) is 4.90 Å². The highest BCUT2D eigenvalue weighted by Gasteiger charge is 2.16. The summed E-state index contributed by atoms with van der Waals surface area (Å²) in [4.78, 5) is 3.50. The summed E-state index contributed by atoms with van der Waals surface area (Å²) < 4.78 is 11.2. The standard InChI is InChI=1S/C21H25NO3S/c1-16-5-7-19(8-6-16)25-15-18(23)12-22(13-20-4-3-10-24-20)14-21-17(2)9-11-26-21/h3-11,18,23H,12-15H2,1-2H3. The quantitative estimate of drug-likeness (QED) is 0.606.